The van der Waals surface area contributed by atoms with Crippen molar-refractivity contribution in [3.8, 4) is 0 Å². The van der Waals surface area contributed by atoms with Crippen molar-refractivity contribution in [3.05, 3.63) is 54.0 Å². The molecule has 7 heteroatoms. The summed E-state index contributed by atoms with van der Waals surface area (Å²) in [5.74, 6) is 1.41. The van der Waals surface area contributed by atoms with Crippen LogP contribution in [0.2, 0.25) is 0 Å². The standard InChI is InChI=1S/C14H18N4O2S/c1-21(19,20)17-10-9-16-13-7-8-15-14(18-13)11-12-5-3-2-4-6-12/h2-8,17H,9-11H2,1H3,(H,15,16,18). The number of benzene rings is 1. The van der Waals surface area contributed by atoms with Gasteiger partial charge in [-0.25, -0.2) is 23.1 Å². The molecular formula is C14H18N4O2S. The third kappa shape index (κ3) is 5.88. The zero-order valence-corrected chi connectivity index (χ0v) is 12.6. The lowest BCUT2D eigenvalue weighted by molar-refractivity contribution is 0.589. The summed E-state index contributed by atoms with van der Waals surface area (Å²) in [6.45, 7) is 0.783. The number of nitrogens with one attached hydrogen (secondary N) is 2. The predicted octanol–water partition coefficient (Wildman–Crippen LogP) is 1.03. The minimum atomic E-state index is -3.15. The van der Waals surface area contributed by atoms with E-state index in [1.54, 1.807) is 12.3 Å². The summed E-state index contributed by atoms with van der Waals surface area (Å²) < 4.78 is 24.3. The molecule has 0 aliphatic rings. The molecule has 1 aromatic heterocycles. The quantitative estimate of drug-likeness (QED) is 0.746. The van der Waals surface area contributed by atoms with Crippen LogP contribution >= 0.6 is 0 Å². The summed E-state index contributed by atoms with van der Waals surface area (Å²) >= 11 is 0. The lowest BCUT2D eigenvalue weighted by atomic mass is 10.1. The Morgan fingerprint density at radius 2 is 1.86 bits per heavy atom. The fourth-order valence-electron chi connectivity index (χ4n) is 1.79. The molecule has 21 heavy (non-hydrogen) atoms. The van der Waals surface area contributed by atoms with E-state index in [0.29, 0.717) is 25.3 Å². The first-order valence-corrected chi connectivity index (χ1v) is 8.46. The van der Waals surface area contributed by atoms with E-state index in [1.807, 2.05) is 30.3 Å². The van der Waals surface area contributed by atoms with Crippen LogP contribution < -0.4 is 10.0 Å². The Morgan fingerprint density at radius 1 is 1.10 bits per heavy atom. The molecule has 0 atom stereocenters. The van der Waals surface area contributed by atoms with Crippen molar-refractivity contribution < 1.29 is 8.42 Å². The summed E-state index contributed by atoms with van der Waals surface area (Å²) in [6, 6.07) is 11.7. The molecule has 0 radical (unpaired) electrons. The van der Waals surface area contributed by atoms with Crippen molar-refractivity contribution in [3.63, 3.8) is 0 Å². The van der Waals surface area contributed by atoms with Crippen LogP contribution in [0.3, 0.4) is 0 Å². The van der Waals surface area contributed by atoms with E-state index in [-0.39, 0.29) is 0 Å². The zero-order valence-electron chi connectivity index (χ0n) is 11.8. The van der Waals surface area contributed by atoms with Crippen molar-refractivity contribution in [2.75, 3.05) is 24.7 Å². The number of hydrogen-bond donors (Lipinski definition) is 2. The Hall–Kier alpha value is -1.99. The van der Waals surface area contributed by atoms with Gasteiger partial charge in [0.2, 0.25) is 10.0 Å². The summed E-state index contributed by atoms with van der Waals surface area (Å²) in [5.41, 5.74) is 1.15. The molecule has 2 aromatic rings. The van der Waals surface area contributed by atoms with Crippen LogP contribution in [0.25, 0.3) is 0 Å². The molecule has 2 N–H and O–H groups in total. The van der Waals surface area contributed by atoms with Crippen LogP contribution in [0.5, 0.6) is 0 Å². The molecule has 0 aliphatic heterocycles. The van der Waals surface area contributed by atoms with Gasteiger partial charge in [0.25, 0.3) is 0 Å². The van der Waals surface area contributed by atoms with Gasteiger partial charge in [-0.3, -0.25) is 0 Å². The van der Waals surface area contributed by atoms with E-state index < -0.39 is 10.0 Å². The highest BCUT2D eigenvalue weighted by Gasteiger charge is 2.02. The minimum absolute atomic E-state index is 0.316. The Labute approximate surface area is 124 Å². The first-order chi connectivity index (χ1) is 10.0. The number of nitrogens with zero attached hydrogens (tertiary/aromatic N) is 2. The van der Waals surface area contributed by atoms with Crippen LogP contribution in [-0.4, -0.2) is 37.7 Å². The Morgan fingerprint density at radius 3 is 2.57 bits per heavy atom. The van der Waals surface area contributed by atoms with Gasteiger partial charge in [-0.1, -0.05) is 30.3 Å². The lowest BCUT2D eigenvalue weighted by Gasteiger charge is -2.07. The highest BCUT2D eigenvalue weighted by Crippen LogP contribution is 2.07. The molecule has 112 valence electrons. The maximum atomic E-state index is 10.9. The van der Waals surface area contributed by atoms with Crippen molar-refractivity contribution in [2.24, 2.45) is 0 Å². The average Bonchev–Trinajstić information content (AvgIpc) is 2.44. The minimum Gasteiger partial charge on any atom is -0.369 e. The number of hydrogen-bond acceptors (Lipinski definition) is 5. The molecule has 1 aromatic carbocycles. The van der Waals surface area contributed by atoms with Crippen LogP contribution in [0.15, 0.2) is 42.6 Å². The summed E-state index contributed by atoms with van der Waals surface area (Å²) in [7, 11) is -3.15. The van der Waals surface area contributed by atoms with Crippen molar-refractivity contribution >= 4 is 15.8 Å². The lowest BCUT2D eigenvalue weighted by Crippen LogP contribution is -2.27. The SMILES string of the molecule is CS(=O)(=O)NCCNc1ccnc(Cc2ccccc2)n1. The van der Waals surface area contributed by atoms with E-state index in [9.17, 15) is 8.42 Å². The summed E-state index contributed by atoms with van der Waals surface area (Å²) in [6.07, 6.45) is 3.49. The van der Waals surface area contributed by atoms with Crippen LogP contribution in [0, 0.1) is 0 Å². The second-order valence-corrected chi connectivity index (χ2v) is 6.45. The summed E-state index contributed by atoms with van der Waals surface area (Å²) in [5, 5.41) is 3.07. The van der Waals surface area contributed by atoms with E-state index in [4.69, 9.17) is 0 Å². The van der Waals surface area contributed by atoms with Gasteiger partial charge >= 0.3 is 0 Å². The van der Waals surface area contributed by atoms with E-state index in [1.165, 1.54) is 0 Å². The van der Waals surface area contributed by atoms with Gasteiger partial charge in [-0.05, 0) is 11.6 Å². The molecule has 0 fully saturated rings. The third-order valence-corrected chi connectivity index (χ3v) is 3.43. The molecule has 2 rings (SSSR count). The van der Waals surface area contributed by atoms with Gasteiger partial charge in [-0.2, -0.15) is 0 Å². The molecule has 0 aliphatic carbocycles. The third-order valence-electron chi connectivity index (χ3n) is 2.71. The maximum Gasteiger partial charge on any atom is 0.208 e. The maximum absolute atomic E-state index is 10.9. The number of sulfonamides is 1. The first kappa shape index (κ1) is 15.4. The van der Waals surface area contributed by atoms with Crippen molar-refractivity contribution in [1.82, 2.24) is 14.7 Å². The second kappa shape index (κ2) is 7.14. The Bertz CT molecular complexity index is 674. The largest absolute Gasteiger partial charge is 0.369 e. The van der Waals surface area contributed by atoms with Crippen molar-refractivity contribution in [2.45, 2.75) is 6.42 Å². The highest BCUT2D eigenvalue weighted by molar-refractivity contribution is 7.88. The van der Waals surface area contributed by atoms with Crippen LogP contribution in [-0.2, 0) is 16.4 Å². The topological polar surface area (TPSA) is 84.0 Å². The first-order valence-electron chi connectivity index (χ1n) is 6.57. The van der Waals surface area contributed by atoms with E-state index in [0.717, 1.165) is 17.6 Å². The zero-order chi connectivity index (χ0) is 15.1. The Kier molecular flexibility index (Phi) is 5.24. The summed E-state index contributed by atoms with van der Waals surface area (Å²) in [4.78, 5) is 8.64. The van der Waals surface area contributed by atoms with Gasteiger partial charge in [0.1, 0.15) is 11.6 Å². The molecule has 1 heterocycles. The van der Waals surface area contributed by atoms with Crippen molar-refractivity contribution in [1.29, 1.82) is 0 Å². The molecule has 0 saturated carbocycles. The smallest absolute Gasteiger partial charge is 0.208 e. The fraction of sp³-hybridized carbons (Fsp3) is 0.286. The molecular weight excluding hydrogens is 288 g/mol. The van der Waals surface area contributed by atoms with Gasteiger partial charge in [-0.15, -0.1) is 0 Å². The second-order valence-electron chi connectivity index (χ2n) is 4.61. The van der Waals surface area contributed by atoms with E-state index in [2.05, 4.69) is 20.0 Å². The van der Waals surface area contributed by atoms with Gasteiger partial charge in [0, 0.05) is 25.7 Å². The average molecular weight is 306 g/mol. The van der Waals surface area contributed by atoms with Crippen LogP contribution in [0.1, 0.15) is 11.4 Å². The van der Waals surface area contributed by atoms with Gasteiger partial charge < -0.3 is 5.32 Å². The number of aromatic nitrogens is 2. The Balaban J connectivity index is 1.89. The number of rotatable bonds is 7. The predicted molar refractivity (Wildman–Crippen MR) is 82.6 cm³/mol. The van der Waals surface area contributed by atoms with Gasteiger partial charge in [0.05, 0.1) is 6.26 Å². The normalized spacial score (nSPS) is 11.3. The molecule has 6 nitrogen and oxygen atoms in total. The monoisotopic (exact) mass is 306 g/mol. The van der Waals surface area contributed by atoms with Crippen LogP contribution in [0.4, 0.5) is 5.82 Å². The highest BCUT2D eigenvalue weighted by atomic mass is 32.2. The molecule has 0 unspecified atom stereocenters. The molecule has 0 bridgehead atoms. The molecule has 0 amide bonds. The van der Waals surface area contributed by atoms with E-state index >= 15 is 0 Å². The molecule has 0 spiro atoms. The molecule has 0 saturated heterocycles. The number of anilines is 1. The fourth-order valence-corrected chi connectivity index (χ4v) is 2.26. The van der Waals surface area contributed by atoms with Gasteiger partial charge in [0.15, 0.2) is 0 Å².